The number of hydrogen-bond acceptors (Lipinski definition) is 7. The number of likely N-dealkylation sites (tertiary alicyclic amines) is 1. The molecule has 3 aliphatic carbocycles. The van der Waals surface area contributed by atoms with E-state index in [1.165, 1.54) is 4.90 Å². The lowest BCUT2D eigenvalue weighted by Gasteiger charge is -2.43. The Hall–Kier alpha value is -2.74. The van der Waals surface area contributed by atoms with Crippen molar-refractivity contribution >= 4 is 39.6 Å². The molecular weight excluding hydrogens is 588 g/mol. The van der Waals surface area contributed by atoms with Crippen molar-refractivity contribution in [1.82, 2.24) is 30.5 Å². The van der Waals surface area contributed by atoms with Crippen molar-refractivity contribution in [2.45, 2.75) is 133 Å². The standard InChI is InChI=1S/C30H48N6O7S/c1-29(2,3)24(27(40)35-16-7-8-21(35)25(38)31-18-22(37)26(39)32-19-9-10-19)33-28(41)34-30(14-5-4-6-15-30)23-13-17-36(20-11-12-20)44(23,42)43/h19-21,23-24H,4-18H2,1-3H3,(H,31,38)(H,32,39)(H2,33,34,41)/t21-,23+,24+/m0/s1. The highest BCUT2D eigenvalue weighted by molar-refractivity contribution is 7.90. The van der Waals surface area contributed by atoms with E-state index in [0.29, 0.717) is 45.2 Å². The summed E-state index contributed by atoms with van der Waals surface area (Å²) in [6, 6.07) is -2.32. The molecule has 5 aliphatic rings. The van der Waals surface area contributed by atoms with Crippen LogP contribution in [0.4, 0.5) is 4.79 Å². The molecule has 5 fully saturated rings. The van der Waals surface area contributed by atoms with Crippen LogP contribution >= 0.6 is 0 Å². The van der Waals surface area contributed by atoms with Crippen LogP contribution in [0, 0.1) is 5.41 Å². The number of Topliss-reactive ketones (excluding diaryl/α,β-unsaturated/α-hetero) is 1. The molecule has 2 heterocycles. The van der Waals surface area contributed by atoms with Crippen LogP contribution in [0.2, 0.25) is 0 Å². The maximum Gasteiger partial charge on any atom is 0.315 e. The van der Waals surface area contributed by atoms with E-state index >= 15 is 0 Å². The number of hydrogen-bond donors (Lipinski definition) is 4. The van der Waals surface area contributed by atoms with Gasteiger partial charge < -0.3 is 26.2 Å². The molecule has 0 spiro atoms. The van der Waals surface area contributed by atoms with Gasteiger partial charge in [0.1, 0.15) is 12.1 Å². The first-order valence-corrected chi connectivity index (χ1v) is 17.7. The van der Waals surface area contributed by atoms with Crippen molar-refractivity contribution in [1.29, 1.82) is 0 Å². The quantitative estimate of drug-likeness (QED) is 0.258. The van der Waals surface area contributed by atoms with E-state index in [1.54, 1.807) is 4.31 Å². The Morgan fingerprint density at radius 3 is 2.18 bits per heavy atom. The molecule has 0 unspecified atom stereocenters. The maximum atomic E-state index is 13.9. The van der Waals surface area contributed by atoms with Crippen LogP contribution < -0.4 is 21.3 Å². The number of carbonyl (C=O) groups is 5. The van der Waals surface area contributed by atoms with Gasteiger partial charge in [-0.15, -0.1) is 0 Å². The van der Waals surface area contributed by atoms with Crippen LogP contribution in [0.25, 0.3) is 0 Å². The van der Waals surface area contributed by atoms with Gasteiger partial charge in [-0.25, -0.2) is 13.2 Å². The summed E-state index contributed by atoms with van der Waals surface area (Å²) in [4.78, 5) is 66.3. The number of rotatable bonds is 10. The molecule has 44 heavy (non-hydrogen) atoms. The van der Waals surface area contributed by atoms with E-state index < -0.39 is 74.4 Å². The Kier molecular flexibility index (Phi) is 9.33. The molecule has 0 radical (unpaired) electrons. The second-order valence-corrected chi connectivity index (χ2v) is 16.4. The molecule has 4 N–H and O–H groups in total. The summed E-state index contributed by atoms with van der Waals surface area (Å²) in [6.07, 6.45) is 8.58. The first-order valence-electron chi connectivity index (χ1n) is 16.2. The van der Waals surface area contributed by atoms with Gasteiger partial charge >= 0.3 is 6.03 Å². The Labute approximate surface area is 260 Å². The number of sulfonamides is 1. The van der Waals surface area contributed by atoms with Gasteiger partial charge in [0.2, 0.25) is 27.6 Å². The summed E-state index contributed by atoms with van der Waals surface area (Å²) in [5.41, 5.74) is -1.64. The lowest BCUT2D eigenvalue weighted by atomic mass is 9.78. The number of urea groups is 1. The monoisotopic (exact) mass is 636 g/mol. The zero-order valence-corrected chi connectivity index (χ0v) is 27.0. The molecule has 5 amide bonds. The highest BCUT2D eigenvalue weighted by Crippen LogP contribution is 2.43. The first-order chi connectivity index (χ1) is 20.7. The van der Waals surface area contributed by atoms with Crippen LogP contribution in [-0.4, -0.2) is 102 Å². The Bertz CT molecular complexity index is 1270. The third-order valence-electron chi connectivity index (χ3n) is 9.79. The van der Waals surface area contributed by atoms with Crippen LogP contribution in [0.15, 0.2) is 0 Å². The highest BCUT2D eigenvalue weighted by Gasteiger charge is 2.56. The van der Waals surface area contributed by atoms with E-state index in [-0.39, 0.29) is 12.1 Å². The maximum absolute atomic E-state index is 13.9. The molecule has 2 aliphatic heterocycles. The largest absolute Gasteiger partial charge is 0.347 e. The van der Waals surface area contributed by atoms with Gasteiger partial charge in [0.25, 0.3) is 5.91 Å². The number of carbonyl (C=O) groups excluding carboxylic acids is 5. The predicted octanol–water partition coefficient (Wildman–Crippen LogP) is 0.925. The van der Waals surface area contributed by atoms with Gasteiger partial charge in [-0.05, 0) is 63.2 Å². The second kappa shape index (κ2) is 12.6. The zero-order chi connectivity index (χ0) is 31.9. The fourth-order valence-corrected chi connectivity index (χ4v) is 9.66. The molecule has 3 atom stereocenters. The number of ketones is 1. The van der Waals surface area contributed by atoms with Crippen LogP contribution in [-0.2, 0) is 29.2 Å². The van der Waals surface area contributed by atoms with Crippen molar-refractivity contribution in [2.24, 2.45) is 5.41 Å². The van der Waals surface area contributed by atoms with E-state index in [4.69, 9.17) is 0 Å². The zero-order valence-electron chi connectivity index (χ0n) is 26.2. The first kappa shape index (κ1) is 32.6. The van der Waals surface area contributed by atoms with Gasteiger partial charge in [0.05, 0.1) is 17.3 Å². The summed E-state index contributed by atoms with van der Waals surface area (Å²) in [6.45, 7) is 5.80. The molecule has 14 heteroatoms. The van der Waals surface area contributed by atoms with Crippen molar-refractivity contribution < 1.29 is 32.4 Å². The van der Waals surface area contributed by atoms with Gasteiger partial charge in [-0.2, -0.15) is 4.31 Å². The fraction of sp³-hybridized carbons (Fsp3) is 0.833. The fourth-order valence-electron chi connectivity index (χ4n) is 7.08. The molecular formula is C30H48N6O7S. The minimum absolute atomic E-state index is 0.0251. The Morgan fingerprint density at radius 2 is 1.57 bits per heavy atom. The summed E-state index contributed by atoms with van der Waals surface area (Å²) in [7, 11) is -3.57. The molecule has 3 saturated carbocycles. The van der Waals surface area contributed by atoms with Gasteiger partial charge in [-0.3, -0.25) is 19.2 Å². The minimum Gasteiger partial charge on any atom is -0.347 e. The van der Waals surface area contributed by atoms with E-state index in [2.05, 4.69) is 21.3 Å². The summed E-state index contributed by atoms with van der Waals surface area (Å²) in [5.74, 6) is -2.41. The predicted molar refractivity (Wildman–Crippen MR) is 162 cm³/mol. The molecule has 5 rings (SSSR count). The second-order valence-electron chi connectivity index (χ2n) is 14.4. The van der Waals surface area contributed by atoms with Crippen molar-refractivity contribution in [3.63, 3.8) is 0 Å². The van der Waals surface area contributed by atoms with Gasteiger partial charge in [0.15, 0.2) is 0 Å². The normalized spacial score (nSPS) is 27.3. The SMILES string of the molecule is CC(C)(C)[C@H](NC(=O)NC1([C@H]2CCN(C3CC3)S2(=O)=O)CCCCC1)C(=O)N1CCC[C@H]1C(=O)NCC(=O)C(=O)NC1CC1. The Morgan fingerprint density at radius 1 is 0.886 bits per heavy atom. The number of nitrogens with one attached hydrogen (secondary N) is 4. The highest BCUT2D eigenvalue weighted by atomic mass is 32.2. The van der Waals surface area contributed by atoms with Crippen LogP contribution in [0.3, 0.4) is 0 Å². The molecule has 0 bridgehead atoms. The summed E-state index contributed by atoms with van der Waals surface area (Å²) < 4.78 is 28.9. The molecule has 13 nitrogen and oxygen atoms in total. The van der Waals surface area contributed by atoms with Crippen molar-refractivity contribution in [3.05, 3.63) is 0 Å². The molecule has 246 valence electrons. The lowest BCUT2D eigenvalue weighted by Crippen LogP contribution is -2.65. The molecule has 2 saturated heterocycles. The van der Waals surface area contributed by atoms with Gasteiger partial charge in [0, 0.05) is 25.2 Å². The average molecular weight is 637 g/mol. The third-order valence-corrected chi connectivity index (χ3v) is 12.3. The van der Waals surface area contributed by atoms with Crippen LogP contribution in [0.5, 0.6) is 0 Å². The average Bonchev–Trinajstić information content (AvgIpc) is 3.89. The smallest absolute Gasteiger partial charge is 0.315 e. The van der Waals surface area contributed by atoms with Crippen molar-refractivity contribution in [3.8, 4) is 0 Å². The van der Waals surface area contributed by atoms with Gasteiger partial charge in [-0.1, -0.05) is 40.0 Å². The lowest BCUT2D eigenvalue weighted by molar-refractivity contribution is -0.142. The third kappa shape index (κ3) is 7.05. The van der Waals surface area contributed by atoms with E-state index in [0.717, 1.165) is 44.9 Å². The topological polar surface area (TPSA) is 174 Å². The number of nitrogens with zero attached hydrogens (tertiary/aromatic N) is 2. The van der Waals surface area contributed by atoms with E-state index in [1.807, 2.05) is 20.8 Å². The van der Waals surface area contributed by atoms with Crippen molar-refractivity contribution in [2.75, 3.05) is 19.6 Å². The Balaban J connectivity index is 1.25. The molecule has 0 aromatic carbocycles. The molecule has 0 aromatic rings. The van der Waals surface area contributed by atoms with Crippen LogP contribution in [0.1, 0.15) is 97.8 Å². The summed E-state index contributed by atoms with van der Waals surface area (Å²) in [5, 5.41) is 10.3. The summed E-state index contributed by atoms with van der Waals surface area (Å²) >= 11 is 0. The van der Waals surface area contributed by atoms with E-state index in [9.17, 15) is 32.4 Å². The number of amides is 5. The minimum atomic E-state index is -3.57. The molecule has 0 aromatic heterocycles.